The van der Waals surface area contributed by atoms with Gasteiger partial charge in [-0.15, -0.1) is 0 Å². The number of aryl methyl sites for hydroxylation is 1. The molecule has 0 spiro atoms. The molecular weight excluding hydrogens is 546 g/mol. The molecule has 0 saturated carbocycles. The van der Waals surface area contributed by atoms with Gasteiger partial charge in [-0.25, -0.2) is 13.4 Å². The number of ether oxygens (including phenoxy) is 2. The smallest absolute Gasteiger partial charge is 0.265 e. The van der Waals surface area contributed by atoms with E-state index < -0.39 is 10.0 Å². The van der Waals surface area contributed by atoms with Gasteiger partial charge in [-0.1, -0.05) is 6.07 Å². The fourth-order valence-electron chi connectivity index (χ4n) is 4.98. The molecule has 5 rings (SSSR count). The van der Waals surface area contributed by atoms with Crippen LogP contribution in [0.4, 0.5) is 11.5 Å². The zero-order valence-electron chi connectivity index (χ0n) is 23.6. The molecule has 3 heterocycles. The van der Waals surface area contributed by atoms with E-state index in [1.807, 2.05) is 19.0 Å². The highest BCUT2D eigenvalue weighted by atomic mass is 32.2. The molecule has 1 unspecified atom stereocenters. The average molecular weight is 580 g/mol. The number of nitrogens with one attached hydrogen (secondary N) is 1. The molecule has 1 fully saturated rings. The maximum Gasteiger partial charge on any atom is 0.265 e. The van der Waals surface area contributed by atoms with Crippen LogP contribution in [0.3, 0.4) is 0 Å². The van der Waals surface area contributed by atoms with Crippen LogP contribution in [0.2, 0.25) is 0 Å². The Bertz CT molecular complexity index is 1740. The van der Waals surface area contributed by atoms with Crippen molar-refractivity contribution in [1.82, 2.24) is 24.4 Å². The Balaban J connectivity index is 1.41. The van der Waals surface area contributed by atoms with Gasteiger partial charge in [-0.05, 0) is 62.8 Å². The Kier molecular flexibility index (Phi) is 7.49. The molecule has 1 amide bonds. The lowest BCUT2D eigenvalue weighted by Gasteiger charge is -2.20. The Morgan fingerprint density at radius 2 is 1.90 bits per heavy atom. The third-order valence-corrected chi connectivity index (χ3v) is 8.80. The van der Waals surface area contributed by atoms with Crippen LogP contribution in [0.15, 0.2) is 53.7 Å². The molecule has 1 aliphatic heterocycles. The molecule has 0 radical (unpaired) electrons. The average Bonchev–Trinajstić information content (AvgIpc) is 3.62. The summed E-state index contributed by atoms with van der Waals surface area (Å²) < 4.78 is 41.0. The van der Waals surface area contributed by atoms with Gasteiger partial charge in [0.05, 0.1) is 26.1 Å². The summed E-state index contributed by atoms with van der Waals surface area (Å²) in [5.41, 5.74) is 9.65. The Morgan fingerprint density at radius 3 is 2.56 bits per heavy atom. The molecule has 0 bridgehead atoms. The van der Waals surface area contributed by atoms with Gasteiger partial charge in [-0.2, -0.15) is 9.61 Å². The maximum absolute atomic E-state index is 13.2. The van der Waals surface area contributed by atoms with E-state index in [0.717, 1.165) is 6.42 Å². The van der Waals surface area contributed by atoms with Crippen LogP contribution in [-0.4, -0.2) is 86.2 Å². The normalized spacial score (nSPS) is 15.5. The monoisotopic (exact) mass is 579 g/mol. The minimum atomic E-state index is -3.99. The molecule has 41 heavy (non-hydrogen) atoms. The van der Waals surface area contributed by atoms with E-state index >= 15 is 0 Å². The van der Waals surface area contributed by atoms with Gasteiger partial charge in [-0.3, -0.25) is 9.52 Å². The lowest BCUT2D eigenvalue weighted by molar-refractivity contribution is 0.0784. The van der Waals surface area contributed by atoms with Crippen molar-refractivity contribution in [3.63, 3.8) is 0 Å². The van der Waals surface area contributed by atoms with Gasteiger partial charge >= 0.3 is 0 Å². The van der Waals surface area contributed by atoms with E-state index in [1.165, 1.54) is 37.1 Å². The number of nitrogen functional groups attached to an aromatic ring is 1. The molecule has 4 aromatic rings. The van der Waals surface area contributed by atoms with Crippen molar-refractivity contribution in [2.45, 2.75) is 24.3 Å². The number of anilines is 2. The first-order valence-electron chi connectivity index (χ1n) is 13.0. The molecule has 3 N–H and O–H groups in total. The van der Waals surface area contributed by atoms with Crippen LogP contribution >= 0.6 is 0 Å². The molecule has 2 aromatic heterocycles. The minimum Gasteiger partial charge on any atom is -0.497 e. The van der Waals surface area contributed by atoms with Crippen molar-refractivity contribution in [3.05, 3.63) is 59.9 Å². The summed E-state index contributed by atoms with van der Waals surface area (Å²) >= 11 is 0. The summed E-state index contributed by atoms with van der Waals surface area (Å²) in [5, 5.41) is 4.36. The number of carbonyl (C=O) groups excluding carboxylic acids is 1. The summed E-state index contributed by atoms with van der Waals surface area (Å²) in [5.74, 6) is 0.775. The number of sulfonamides is 1. The first-order valence-corrected chi connectivity index (χ1v) is 14.5. The van der Waals surface area contributed by atoms with Crippen molar-refractivity contribution in [2.75, 3.05) is 51.9 Å². The number of hydrogen-bond acceptors (Lipinski definition) is 9. The number of nitrogens with zero attached hydrogens (tertiary/aromatic N) is 5. The second-order valence-corrected chi connectivity index (χ2v) is 11.8. The minimum absolute atomic E-state index is 0.0445. The van der Waals surface area contributed by atoms with Gasteiger partial charge in [0.2, 0.25) is 0 Å². The number of hydrogen-bond donors (Lipinski definition) is 2. The molecule has 13 heteroatoms. The van der Waals surface area contributed by atoms with Gasteiger partial charge < -0.3 is 25.0 Å². The second-order valence-electron chi connectivity index (χ2n) is 10.2. The third kappa shape index (κ3) is 5.25. The fourth-order valence-corrected chi connectivity index (χ4v) is 6.30. The Morgan fingerprint density at radius 1 is 1.12 bits per heavy atom. The summed E-state index contributed by atoms with van der Waals surface area (Å²) in [6.07, 6.45) is 4.02. The Hall–Kier alpha value is -4.36. The highest BCUT2D eigenvalue weighted by molar-refractivity contribution is 7.92. The van der Waals surface area contributed by atoms with Crippen molar-refractivity contribution >= 4 is 33.1 Å². The molecule has 2 aromatic carbocycles. The van der Waals surface area contributed by atoms with Crippen molar-refractivity contribution in [2.24, 2.45) is 0 Å². The van der Waals surface area contributed by atoms with Crippen LogP contribution in [0.1, 0.15) is 22.3 Å². The first-order chi connectivity index (χ1) is 19.5. The molecular formula is C28H33N7O5S. The molecule has 1 aliphatic rings. The van der Waals surface area contributed by atoms with Gasteiger partial charge in [0.1, 0.15) is 27.8 Å². The quantitative estimate of drug-likeness (QED) is 0.322. The highest BCUT2D eigenvalue weighted by Gasteiger charge is 2.30. The van der Waals surface area contributed by atoms with Crippen molar-refractivity contribution < 1.29 is 22.7 Å². The molecule has 0 aliphatic carbocycles. The van der Waals surface area contributed by atoms with E-state index in [4.69, 9.17) is 15.2 Å². The van der Waals surface area contributed by atoms with Gasteiger partial charge in [0.25, 0.3) is 15.9 Å². The summed E-state index contributed by atoms with van der Waals surface area (Å²) in [6.45, 7) is 3.11. The lowest BCUT2D eigenvalue weighted by atomic mass is 10.0. The number of fused-ring (bicyclic) bond motifs is 1. The third-order valence-electron chi connectivity index (χ3n) is 7.42. The predicted octanol–water partition coefficient (Wildman–Crippen LogP) is 2.88. The van der Waals surface area contributed by atoms with Crippen LogP contribution in [0.5, 0.6) is 11.5 Å². The summed E-state index contributed by atoms with van der Waals surface area (Å²) in [7, 11) is 2.90. The predicted molar refractivity (Wildman–Crippen MR) is 156 cm³/mol. The van der Waals surface area contributed by atoms with E-state index in [-0.39, 0.29) is 16.6 Å². The van der Waals surface area contributed by atoms with E-state index in [0.29, 0.717) is 64.3 Å². The summed E-state index contributed by atoms with van der Waals surface area (Å²) in [4.78, 5) is 21.7. The number of methoxy groups -OCH3 is 2. The standard InChI is InChI=1S/C28H33N7O5S/c1-17-12-18(6-8-23(17)32-41(37,38)25-13-20(39-4)7-9-24(25)40-5)21-14-30-27-22(15-31-35(27)26(21)29)28(36)34-11-10-19(16-34)33(2)3/h6-9,12-15,19,32H,10-11,16,29H2,1-5H3. The molecule has 1 atom stereocenters. The molecule has 1 saturated heterocycles. The highest BCUT2D eigenvalue weighted by Crippen LogP contribution is 2.33. The van der Waals surface area contributed by atoms with Crippen LogP contribution in [0, 0.1) is 6.92 Å². The largest absolute Gasteiger partial charge is 0.497 e. The number of amides is 1. The fraction of sp³-hybridized carbons (Fsp3) is 0.321. The van der Waals surface area contributed by atoms with Gasteiger partial charge in [0.15, 0.2) is 5.65 Å². The topological polar surface area (TPSA) is 144 Å². The number of carbonyl (C=O) groups is 1. The maximum atomic E-state index is 13.2. The number of nitrogens with two attached hydrogens (primary N) is 1. The van der Waals surface area contributed by atoms with Crippen LogP contribution < -0.4 is 19.9 Å². The Labute approximate surface area is 238 Å². The zero-order chi connectivity index (χ0) is 29.5. The SMILES string of the molecule is COc1ccc(OC)c(S(=O)(=O)Nc2ccc(-c3cnc4c(C(=O)N5CCC(N(C)C)C5)cnn4c3N)cc2C)c1. The van der Waals surface area contributed by atoms with Crippen LogP contribution in [-0.2, 0) is 10.0 Å². The van der Waals surface area contributed by atoms with E-state index in [1.54, 1.807) is 37.4 Å². The lowest BCUT2D eigenvalue weighted by Crippen LogP contribution is -2.34. The van der Waals surface area contributed by atoms with Crippen LogP contribution in [0.25, 0.3) is 16.8 Å². The zero-order valence-corrected chi connectivity index (χ0v) is 24.4. The number of benzene rings is 2. The van der Waals surface area contributed by atoms with E-state index in [9.17, 15) is 13.2 Å². The molecule has 216 valence electrons. The van der Waals surface area contributed by atoms with Crippen molar-refractivity contribution in [1.29, 1.82) is 0 Å². The summed E-state index contributed by atoms with van der Waals surface area (Å²) in [6, 6.07) is 10.1. The number of rotatable bonds is 8. The van der Waals surface area contributed by atoms with E-state index in [2.05, 4.69) is 19.7 Å². The number of likely N-dealkylation sites (N-methyl/N-ethyl adjacent to an activating group) is 1. The second kappa shape index (κ2) is 10.9. The number of aromatic nitrogens is 3. The van der Waals surface area contributed by atoms with Crippen molar-refractivity contribution in [3.8, 4) is 22.6 Å². The van der Waals surface area contributed by atoms with Gasteiger partial charge in [0, 0.05) is 37.0 Å². The first kappa shape index (κ1) is 28.2. The molecule has 12 nitrogen and oxygen atoms in total. The number of likely N-dealkylation sites (tertiary alicyclic amines) is 1.